The molecule has 9 heteroatoms. The first kappa shape index (κ1) is 21.8. The predicted molar refractivity (Wildman–Crippen MR) is 118 cm³/mol. The standard InChI is InChI=1S/C22H18ClN3O5/c1-25(22(28)15-3-2-4-19(13-15)26(29)30)18-9-11-20(12-10-18)31-14-21(27)24-17-7-5-16(23)6-8-17/h2-13H,14H2,1H3,(H,24,27). The minimum Gasteiger partial charge on any atom is -0.484 e. The van der Waals surface area contributed by atoms with Crippen LogP contribution in [0.15, 0.2) is 72.8 Å². The summed E-state index contributed by atoms with van der Waals surface area (Å²) in [6, 6.07) is 18.8. The number of amides is 2. The average Bonchev–Trinajstić information content (AvgIpc) is 2.78. The first-order valence-corrected chi connectivity index (χ1v) is 9.52. The second-order valence-electron chi connectivity index (χ2n) is 6.51. The Morgan fingerprint density at radius 2 is 1.74 bits per heavy atom. The summed E-state index contributed by atoms with van der Waals surface area (Å²) in [7, 11) is 1.57. The summed E-state index contributed by atoms with van der Waals surface area (Å²) in [6.07, 6.45) is 0. The lowest BCUT2D eigenvalue weighted by Crippen LogP contribution is -2.26. The van der Waals surface area contributed by atoms with E-state index in [9.17, 15) is 19.7 Å². The van der Waals surface area contributed by atoms with Gasteiger partial charge in [0.15, 0.2) is 6.61 Å². The van der Waals surface area contributed by atoms with Crippen LogP contribution in [-0.4, -0.2) is 30.4 Å². The molecular weight excluding hydrogens is 422 g/mol. The third-order valence-electron chi connectivity index (χ3n) is 4.33. The average molecular weight is 440 g/mol. The van der Waals surface area contributed by atoms with E-state index in [1.165, 1.54) is 29.2 Å². The molecule has 0 aliphatic carbocycles. The molecule has 1 N–H and O–H groups in total. The molecule has 3 aromatic rings. The Labute approximate surface area is 183 Å². The number of carbonyl (C=O) groups is 2. The summed E-state index contributed by atoms with van der Waals surface area (Å²) in [5.74, 6) is -0.268. The number of hydrogen-bond donors (Lipinski definition) is 1. The van der Waals surface area contributed by atoms with Crippen LogP contribution >= 0.6 is 11.6 Å². The lowest BCUT2D eigenvalue weighted by Gasteiger charge is -2.18. The molecule has 0 saturated heterocycles. The SMILES string of the molecule is CN(C(=O)c1cccc([N+](=O)[O-])c1)c1ccc(OCC(=O)Nc2ccc(Cl)cc2)cc1. The fraction of sp³-hybridized carbons (Fsp3) is 0.0909. The molecule has 0 atom stereocenters. The molecule has 0 unspecified atom stereocenters. The highest BCUT2D eigenvalue weighted by Crippen LogP contribution is 2.22. The van der Waals surface area contributed by atoms with Crippen molar-refractivity contribution in [3.05, 3.63) is 93.5 Å². The molecule has 0 heterocycles. The first-order chi connectivity index (χ1) is 14.8. The second kappa shape index (κ2) is 9.73. The quantitative estimate of drug-likeness (QED) is 0.430. The van der Waals surface area contributed by atoms with Gasteiger partial charge in [0.1, 0.15) is 5.75 Å². The number of benzene rings is 3. The molecule has 0 bridgehead atoms. The van der Waals surface area contributed by atoms with Crippen LogP contribution in [0, 0.1) is 10.1 Å². The van der Waals surface area contributed by atoms with Crippen molar-refractivity contribution >= 4 is 40.5 Å². The summed E-state index contributed by atoms with van der Waals surface area (Å²) in [6.45, 7) is -0.190. The molecule has 0 aliphatic heterocycles. The van der Waals surface area contributed by atoms with Crippen LogP contribution in [0.3, 0.4) is 0 Å². The number of rotatable bonds is 7. The Morgan fingerprint density at radius 1 is 1.06 bits per heavy atom. The van der Waals surface area contributed by atoms with Crippen LogP contribution in [-0.2, 0) is 4.79 Å². The van der Waals surface area contributed by atoms with Crippen molar-refractivity contribution in [1.82, 2.24) is 0 Å². The van der Waals surface area contributed by atoms with Crippen LogP contribution in [0.2, 0.25) is 5.02 Å². The molecule has 158 valence electrons. The van der Waals surface area contributed by atoms with E-state index in [1.807, 2.05) is 0 Å². The number of nitro groups is 1. The van der Waals surface area contributed by atoms with Crippen molar-refractivity contribution < 1.29 is 19.2 Å². The summed E-state index contributed by atoms with van der Waals surface area (Å²) >= 11 is 5.81. The summed E-state index contributed by atoms with van der Waals surface area (Å²) in [5, 5.41) is 14.2. The summed E-state index contributed by atoms with van der Waals surface area (Å²) in [4.78, 5) is 36.4. The molecule has 0 aromatic heterocycles. The number of nitrogens with zero attached hydrogens (tertiary/aromatic N) is 2. The van der Waals surface area contributed by atoms with Gasteiger partial charge >= 0.3 is 0 Å². The van der Waals surface area contributed by atoms with E-state index in [0.29, 0.717) is 22.1 Å². The van der Waals surface area contributed by atoms with Gasteiger partial charge in [0.2, 0.25) is 0 Å². The van der Waals surface area contributed by atoms with Gasteiger partial charge in [0.25, 0.3) is 17.5 Å². The zero-order valence-corrected chi connectivity index (χ0v) is 17.2. The van der Waals surface area contributed by atoms with Crippen LogP contribution in [0.1, 0.15) is 10.4 Å². The van der Waals surface area contributed by atoms with Crippen LogP contribution < -0.4 is 15.0 Å². The largest absolute Gasteiger partial charge is 0.484 e. The molecule has 0 spiro atoms. The highest BCUT2D eigenvalue weighted by molar-refractivity contribution is 6.30. The van der Waals surface area contributed by atoms with E-state index < -0.39 is 4.92 Å². The minimum absolute atomic E-state index is 0.153. The zero-order valence-electron chi connectivity index (χ0n) is 16.4. The van der Waals surface area contributed by atoms with E-state index in [4.69, 9.17) is 16.3 Å². The van der Waals surface area contributed by atoms with Gasteiger partial charge in [-0.15, -0.1) is 0 Å². The van der Waals surface area contributed by atoms with Gasteiger partial charge < -0.3 is 15.0 Å². The maximum atomic E-state index is 12.6. The van der Waals surface area contributed by atoms with Gasteiger partial charge in [0, 0.05) is 41.1 Å². The molecule has 8 nitrogen and oxygen atoms in total. The molecule has 0 saturated carbocycles. The molecule has 3 aromatic carbocycles. The van der Waals surface area contributed by atoms with Crippen molar-refractivity contribution in [2.75, 3.05) is 23.9 Å². The topological polar surface area (TPSA) is 102 Å². The van der Waals surface area contributed by atoms with Crippen molar-refractivity contribution in [3.8, 4) is 5.75 Å². The Hall–Kier alpha value is -3.91. The van der Waals surface area contributed by atoms with Crippen molar-refractivity contribution in [3.63, 3.8) is 0 Å². The molecular formula is C22H18ClN3O5. The third kappa shape index (κ3) is 5.80. The number of non-ortho nitro benzene ring substituents is 1. The molecule has 31 heavy (non-hydrogen) atoms. The first-order valence-electron chi connectivity index (χ1n) is 9.14. The number of anilines is 2. The van der Waals surface area contributed by atoms with Crippen molar-refractivity contribution in [2.45, 2.75) is 0 Å². The smallest absolute Gasteiger partial charge is 0.270 e. The van der Waals surface area contributed by atoms with E-state index in [1.54, 1.807) is 55.6 Å². The van der Waals surface area contributed by atoms with Crippen LogP contribution in [0.25, 0.3) is 0 Å². The number of halogens is 1. The normalized spacial score (nSPS) is 10.3. The maximum Gasteiger partial charge on any atom is 0.270 e. The van der Waals surface area contributed by atoms with Crippen LogP contribution in [0.4, 0.5) is 17.1 Å². The predicted octanol–water partition coefficient (Wildman–Crippen LogP) is 4.54. The number of ether oxygens (including phenoxy) is 1. The van der Waals surface area contributed by atoms with Gasteiger partial charge in [-0.1, -0.05) is 17.7 Å². The number of carbonyl (C=O) groups excluding carboxylic acids is 2. The van der Waals surface area contributed by atoms with Crippen molar-refractivity contribution in [1.29, 1.82) is 0 Å². The maximum absolute atomic E-state index is 12.6. The summed E-state index contributed by atoms with van der Waals surface area (Å²) < 4.78 is 5.47. The van der Waals surface area contributed by atoms with Crippen molar-refractivity contribution in [2.24, 2.45) is 0 Å². The third-order valence-corrected chi connectivity index (χ3v) is 4.58. The van der Waals surface area contributed by atoms with E-state index in [-0.39, 0.29) is 29.7 Å². The highest BCUT2D eigenvalue weighted by atomic mass is 35.5. The van der Waals surface area contributed by atoms with Crippen LogP contribution in [0.5, 0.6) is 5.75 Å². The number of hydrogen-bond acceptors (Lipinski definition) is 5. The van der Waals surface area contributed by atoms with Gasteiger partial charge in [-0.05, 0) is 54.6 Å². The van der Waals surface area contributed by atoms with Gasteiger partial charge in [-0.25, -0.2) is 0 Å². The lowest BCUT2D eigenvalue weighted by molar-refractivity contribution is -0.384. The minimum atomic E-state index is -0.550. The lowest BCUT2D eigenvalue weighted by atomic mass is 10.1. The fourth-order valence-corrected chi connectivity index (χ4v) is 2.83. The van der Waals surface area contributed by atoms with Gasteiger partial charge in [-0.3, -0.25) is 19.7 Å². The molecule has 0 fully saturated rings. The Bertz CT molecular complexity index is 1100. The monoisotopic (exact) mass is 439 g/mol. The molecule has 0 aliphatic rings. The van der Waals surface area contributed by atoms with E-state index >= 15 is 0 Å². The van der Waals surface area contributed by atoms with Gasteiger partial charge in [0.05, 0.1) is 4.92 Å². The molecule has 2 amide bonds. The van der Waals surface area contributed by atoms with Gasteiger partial charge in [-0.2, -0.15) is 0 Å². The fourth-order valence-electron chi connectivity index (χ4n) is 2.71. The molecule has 3 rings (SSSR count). The summed E-state index contributed by atoms with van der Waals surface area (Å²) in [5.41, 5.74) is 1.22. The number of nitro benzene ring substituents is 1. The Morgan fingerprint density at radius 3 is 2.39 bits per heavy atom. The molecule has 0 radical (unpaired) electrons. The Balaban J connectivity index is 1.58. The zero-order chi connectivity index (χ0) is 22.4. The number of nitrogens with one attached hydrogen (secondary N) is 1. The van der Waals surface area contributed by atoms with E-state index in [0.717, 1.165) is 0 Å². The second-order valence-corrected chi connectivity index (χ2v) is 6.95. The highest BCUT2D eigenvalue weighted by Gasteiger charge is 2.16. The van der Waals surface area contributed by atoms with E-state index in [2.05, 4.69) is 5.32 Å². The Kier molecular flexibility index (Phi) is 6.84.